The Bertz CT molecular complexity index is 350. The van der Waals surface area contributed by atoms with Gasteiger partial charge in [-0.15, -0.1) is 12.4 Å². The van der Waals surface area contributed by atoms with Gasteiger partial charge in [0.25, 0.3) is 0 Å². The first-order chi connectivity index (χ1) is 9.10. The number of nitrogens with two attached hydrogens (primary N) is 1. The Morgan fingerprint density at radius 3 is 2.33 bits per heavy atom. The maximum absolute atomic E-state index is 12.8. The van der Waals surface area contributed by atoms with E-state index < -0.39 is 23.6 Å². The molecule has 0 heterocycles. The molecule has 1 amide bonds. The summed E-state index contributed by atoms with van der Waals surface area (Å²) in [5.74, 6) is -2.07. The Morgan fingerprint density at radius 1 is 1.33 bits per heavy atom. The second-order valence-electron chi connectivity index (χ2n) is 6.37. The van der Waals surface area contributed by atoms with Crippen molar-refractivity contribution in [2.75, 3.05) is 6.54 Å². The quantitative estimate of drug-likeness (QED) is 0.831. The van der Waals surface area contributed by atoms with Crippen LogP contribution in [-0.4, -0.2) is 24.2 Å². The van der Waals surface area contributed by atoms with Crippen LogP contribution < -0.4 is 11.1 Å². The van der Waals surface area contributed by atoms with E-state index in [4.69, 9.17) is 5.73 Å². The summed E-state index contributed by atoms with van der Waals surface area (Å²) in [7, 11) is 0. The molecule has 0 aromatic rings. The molecule has 0 spiro atoms. The topological polar surface area (TPSA) is 55.1 Å². The summed E-state index contributed by atoms with van der Waals surface area (Å²) in [5, 5.41) is 2.85. The molecule has 0 saturated heterocycles. The van der Waals surface area contributed by atoms with E-state index in [1.54, 1.807) is 0 Å². The molecule has 1 fully saturated rings. The largest absolute Gasteiger partial charge is 0.391 e. The lowest BCUT2D eigenvalue weighted by atomic mass is 9.79. The van der Waals surface area contributed by atoms with E-state index >= 15 is 0 Å². The Hall–Kier alpha value is -0.490. The Balaban J connectivity index is 0.00000400. The van der Waals surface area contributed by atoms with Crippen LogP contribution in [0.25, 0.3) is 0 Å². The molecule has 1 rings (SSSR count). The van der Waals surface area contributed by atoms with Gasteiger partial charge in [-0.2, -0.15) is 13.2 Å². The number of carbonyl (C=O) groups is 1. The van der Waals surface area contributed by atoms with E-state index in [1.165, 1.54) is 0 Å². The predicted octanol–water partition coefficient (Wildman–Crippen LogP) is 3.27. The minimum atomic E-state index is -4.20. The van der Waals surface area contributed by atoms with Crippen LogP contribution in [0.15, 0.2) is 0 Å². The maximum Gasteiger partial charge on any atom is 0.391 e. The van der Waals surface area contributed by atoms with Crippen LogP contribution in [0.1, 0.15) is 46.5 Å². The zero-order valence-electron chi connectivity index (χ0n) is 12.8. The minimum Gasteiger partial charge on any atom is -0.349 e. The van der Waals surface area contributed by atoms with Crippen molar-refractivity contribution >= 4 is 18.3 Å². The van der Waals surface area contributed by atoms with Gasteiger partial charge < -0.3 is 11.1 Å². The summed E-state index contributed by atoms with van der Waals surface area (Å²) in [6, 6.07) is 0. The number of nitrogens with one attached hydrogen (secondary N) is 1. The molecule has 3 unspecified atom stereocenters. The normalized spacial score (nSPS) is 25.9. The second kappa shape index (κ2) is 7.68. The first-order valence-electron chi connectivity index (χ1n) is 7.19. The van der Waals surface area contributed by atoms with E-state index in [-0.39, 0.29) is 43.6 Å². The third-order valence-corrected chi connectivity index (χ3v) is 4.61. The first-order valence-corrected chi connectivity index (χ1v) is 7.19. The highest BCUT2D eigenvalue weighted by molar-refractivity contribution is 5.85. The number of amides is 1. The van der Waals surface area contributed by atoms with Crippen LogP contribution in [0.2, 0.25) is 0 Å². The minimum absolute atomic E-state index is 0. The van der Waals surface area contributed by atoms with Gasteiger partial charge >= 0.3 is 6.18 Å². The fourth-order valence-corrected chi connectivity index (χ4v) is 2.54. The van der Waals surface area contributed by atoms with Crippen LogP contribution >= 0.6 is 12.4 Å². The van der Waals surface area contributed by atoms with Gasteiger partial charge in [-0.1, -0.05) is 20.3 Å². The molecule has 3 N–H and O–H groups in total. The van der Waals surface area contributed by atoms with Crippen molar-refractivity contribution in [3.63, 3.8) is 0 Å². The summed E-state index contributed by atoms with van der Waals surface area (Å²) in [5.41, 5.74) is 5.12. The van der Waals surface area contributed by atoms with Crippen LogP contribution in [0.3, 0.4) is 0 Å². The van der Waals surface area contributed by atoms with Crippen molar-refractivity contribution < 1.29 is 18.0 Å². The lowest BCUT2D eigenvalue weighted by Gasteiger charge is -2.37. The molecule has 1 aliphatic carbocycles. The molecule has 0 aromatic carbocycles. The predicted molar refractivity (Wildman–Crippen MR) is 79.2 cm³/mol. The van der Waals surface area contributed by atoms with Crippen molar-refractivity contribution in [3.05, 3.63) is 0 Å². The molecule has 1 aliphatic rings. The van der Waals surface area contributed by atoms with Crippen molar-refractivity contribution in [2.45, 2.75) is 58.2 Å². The van der Waals surface area contributed by atoms with E-state index in [1.807, 2.05) is 20.8 Å². The van der Waals surface area contributed by atoms with Crippen molar-refractivity contribution in [1.82, 2.24) is 5.32 Å². The molecular weight excluding hydrogens is 305 g/mol. The summed E-state index contributed by atoms with van der Waals surface area (Å²) in [4.78, 5) is 12.2. The summed E-state index contributed by atoms with van der Waals surface area (Å²) in [6.45, 7) is 5.98. The van der Waals surface area contributed by atoms with E-state index in [9.17, 15) is 18.0 Å². The second-order valence-corrected chi connectivity index (χ2v) is 6.37. The molecule has 21 heavy (non-hydrogen) atoms. The highest BCUT2D eigenvalue weighted by Crippen LogP contribution is 2.40. The molecule has 3 nitrogen and oxygen atoms in total. The lowest BCUT2D eigenvalue weighted by molar-refractivity contribution is -0.186. The van der Waals surface area contributed by atoms with Gasteiger partial charge in [0.05, 0.1) is 11.5 Å². The van der Waals surface area contributed by atoms with E-state index in [0.717, 1.165) is 0 Å². The number of rotatable bonds is 4. The smallest absolute Gasteiger partial charge is 0.349 e. The zero-order chi connectivity index (χ0) is 15.6. The van der Waals surface area contributed by atoms with Crippen LogP contribution in [-0.2, 0) is 4.79 Å². The monoisotopic (exact) mass is 330 g/mol. The molecule has 3 atom stereocenters. The zero-order valence-corrected chi connectivity index (χ0v) is 13.6. The Kier molecular flexibility index (Phi) is 7.50. The van der Waals surface area contributed by atoms with Gasteiger partial charge in [-0.3, -0.25) is 4.79 Å². The number of alkyl halides is 3. The highest BCUT2D eigenvalue weighted by Gasteiger charge is 2.44. The van der Waals surface area contributed by atoms with Gasteiger partial charge in [0, 0.05) is 12.5 Å². The molecule has 0 radical (unpaired) electrons. The van der Waals surface area contributed by atoms with Crippen LogP contribution in [0.5, 0.6) is 0 Å². The van der Waals surface area contributed by atoms with Gasteiger partial charge in [0.1, 0.15) is 0 Å². The summed E-state index contributed by atoms with van der Waals surface area (Å²) < 4.78 is 38.3. The van der Waals surface area contributed by atoms with Crippen molar-refractivity contribution in [3.8, 4) is 0 Å². The highest BCUT2D eigenvalue weighted by atomic mass is 35.5. The van der Waals surface area contributed by atoms with E-state index in [2.05, 4.69) is 5.32 Å². The average molecular weight is 331 g/mol. The molecule has 0 aromatic heterocycles. The number of hydrogen-bond acceptors (Lipinski definition) is 2. The van der Waals surface area contributed by atoms with E-state index in [0.29, 0.717) is 12.8 Å². The van der Waals surface area contributed by atoms with Gasteiger partial charge in [-0.05, 0) is 32.1 Å². The average Bonchev–Trinajstić information content (AvgIpc) is 2.37. The van der Waals surface area contributed by atoms with Crippen molar-refractivity contribution in [2.24, 2.45) is 23.5 Å². The number of halogens is 4. The SMILES string of the molecule is CC(C)C(C)(CN)NC(=O)C1CCCC(C(F)(F)F)C1.Cl. The third-order valence-electron chi connectivity index (χ3n) is 4.61. The molecular formula is C14H26ClF3N2O. The lowest BCUT2D eigenvalue weighted by Crippen LogP contribution is -2.56. The maximum atomic E-state index is 12.8. The fourth-order valence-electron chi connectivity index (χ4n) is 2.54. The standard InChI is InChI=1S/C14H25F3N2O.ClH/c1-9(2)13(3,8-18)19-12(20)10-5-4-6-11(7-10)14(15,16)17;/h9-11H,4-8,18H2,1-3H3,(H,19,20);1H. The molecule has 0 aliphatic heterocycles. The number of carbonyl (C=O) groups excluding carboxylic acids is 1. The fraction of sp³-hybridized carbons (Fsp3) is 0.929. The first kappa shape index (κ1) is 20.5. The van der Waals surface area contributed by atoms with Crippen molar-refractivity contribution in [1.29, 1.82) is 0 Å². The molecule has 1 saturated carbocycles. The van der Waals surface area contributed by atoms with Crippen LogP contribution in [0, 0.1) is 17.8 Å². The van der Waals surface area contributed by atoms with Gasteiger partial charge in [-0.25, -0.2) is 0 Å². The summed E-state index contributed by atoms with van der Waals surface area (Å²) in [6.07, 6.45) is -3.20. The Morgan fingerprint density at radius 2 is 1.90 bits per heavy atom. The van der Waals surface area contributed by atoms with Gasteiger partial charge in [0.15, 0.2) is 0 Å². The molecule has 126 valence electrons. The van der Waals surface area contributed by atoms with Crippen LogP contribution in [0.4, 0.5) is 13.2 Å². The summed E-state index contributed by atoms with van der Waals surface area (Å²) >= 11 is 0. The number of hydrogen-bond donors (Lipinski definition) is 2. The third kappa shape index (κ3) is 5.33. The Labute approximate surface area is 130 Å². The van der Waals surface area contributed by atoms with Gasteiger partial charge in [0.2, 0.25) is 5.91 Å². The molecule has 0 bridgehead atoms. The molecule has 7 heteroatoms.